The van der Waals surface area contributed by atoms with Crippen LogP contribution in [-0.2, 0) is 11.2 Å². The third-order valence-electron chi connectivity index (χ3n) is 2.77. The molecule has 0 aliphatic heterocycles. The van der Waals surface area contributed by atoms with Crippen LogP contribution in [0.1, 0.15) is 5.56 Å². The Balaban J connectivity index is 2.12. The summed E-state index contributed by atoms with van der Waals surface area (Å²) in [5.41, 5.74) is 0.232. The second-order valence-electron chi connectivity index (χ2n) is 4.32. The lowest BCUT2D eigenvalue weighted by molar-refractivity contribution is -0.115. The van der Waals surface area contributed by atoms with Gasteiger partial charge in [-0.3, -0.25) is 4.79 Å². The monoisotopic (exact) mass is 355 g/mol. The predicted octanol–water partition coefficient (Wildman–Crippen LogP) is 3.92. The van der Waals surface area contributed by atoms with Crippen molar-refractivity contribution in [1.82, 2.24) is 0 Å². The van der Waals surface area contributed by atoms with Crippen molar-refractivity contribution in [1.29, 1.82) is 0 Å². The Morgan fingerprint density at radius 1 is 1.24 bits per heavy atom. The average molecular weight is 356 g/mol. The molecule has 0 atom stereocenters. The van der Waals surface area contributed by atoms with Crippen LogP contribution >= 0.6 is 15.9 Å². The molecule has 1 amide bonds. The molecule has 1 N–H and O–H groups in total. The maximum Gasteiger partial charge on any atom is 0.228 e. The van der Waals surface area contributed by atoms with Gasteiger partial charge in [0.05, 0.1) is 13.5 Å². The molecule has 0 aliphatic carbocycles. The van der Waals surface area contributed by atoms with Crippen LogP contribution in [-0.4, -0.2) is 13.0 Å². The fraction of sp³-hybridized carbons (Fsp3) is 0.133. The fourth-order valence-corrected chi connectivity index (χ4v) is 2.22. The summed E-state index contributed by atoms with van der Waals surface area (Å²) < 4.78 is 32.6. The molecule has 3 nitrogen and oxygen atoms in total. The lowest BCUT2D eigenvalue weighted by atomic mass is 10.1. The van der Waals surface area contributed by atoms with E-state index >= 15 is 0 Å². The molecule has 0 aromatic heterocycles. The zero-order valence-corrected chi connectivity index (χ0v) is 12.7. The number of amides is 1. The molecule has 0 spiro atoms. The van der Waals surface area contributed by atoms with Gasteiger partial charge in [-0.05, 0) is 29.8 Å². The zero-order valence-electron chi connectivity index (χ0n) is 11.1. The molecule has 0 radical (unpaired) electrons. The van der Waals surface area contributed by atoms with Gasteiger partial charge < -0.3 is 10.1 Å². The number of halogens is 3. The van der Waals surface area contributed by atoms with E-state index in [1.165, 1.54) is 7.11 Å². The maximum absolute atomic E-state index is 13.6. The highest BCUT2D eigenvalue weighted by molar-refractivity contribution is 9.10. The Hall–Kier alpha value is -1.95. The summed E-state index contributed by atoms with van der Waals surface area (Å²) in [5, 5.41) is 2.24. The number of hydrogen-bond acceptors (Lipinski definition) is 2. The summed E-state index contributed by atoms with van der Waals surface area (Å²) in [6, 6.07) is 9.08. The highest BCUT2D eigenvalue weighted by Gasteiger charge is 2.14. The fourth-order valence-electron chi connectivity index (χ4n) is 1.81. The van der Waals surface area contributed by atoms with Gasteiger partial charge in [0.2, 0.25) is 5.91 Å². The number of anilines is 1. The van der Waals surface area contributed by atoms with E-state index in [1.54, 1.807) is 24.3 Å². The van der Waals surface area contributed by atoms with Gasteiger partial charge in [0.25, 0.3) is 0 Å². The summed E-state index contributed by atoms with van der Waals surface area (Å²) in [6.07, 6.45) is -0.00779. The Bertz CT molecular complexity index is 653. The Morgan fingerprint density at radius 3 is 2.52 bits per heavy atom. The summed E-state index contributed by atoms with van der Waals surface area (Å²) in [5.74, 6) is -1.56. The van der Waals surface area contributed by atoms with E-state index in [2.05, 4.69) is 21.2 Å². The largest absolute Gasteiger partial charge is 0.497 e. The topological polar surface area (TPSA) is 38.3 Å². The van der Waals surface area contributed by atoms with Gasteiger partial charge >= 0.3 is 0 Å². The van der Waals surface area contributed by atoms with E-state index in [0.717, 1.165) is 12.1 Å². The van der Waals surface area contributed by atoms with Gasteiger partial charge in [-0.2, -0.15) is 0 Å². The van der Waals surface area contributed by atoms with Gasteiger partial charge in [0.15, 0.2) is 11.6 Å². The summed E-state index contributed by atoms with van der Waals surface area (Å²) in [6.45, 7) is 0. The minimum atomic E-state index is -0.833. The van der Waals surface area contributed by atoms with Crippen molar-refractivity contribution in [2.24, 2.45) is 0 Å². The van der Waals surface area contributed by atoms with Crippen molar-refractivity contribution in [2.45, 2.75) is 6.42 Å². The van der Waals surface area contributed by atoms with Crippen molar-refractivity contribution >= 4 is 27.5 Å². The summed E-state index contributed by atoms with van der Waals surface area (Å²) in [4.78, 5) is 11.9. The van der Waals surface area contributed by atoms with Crippen molar-refractivity contribution in [3.05, 3.63) is 58.1 Å². The van der Waals surface area contributed by atoms with E-state index in [1.807, 2.05) is 0 Å². The molecular weight excluding hydrogens is 344 g/mol. The third-order valence-corrected chi connectivity index (χ3v) is 3.23. The van der Waals surface area contributed by atoms with Crippen molar-refractivity contribution in [2.75, 3.05) is 12.4 Å². The normalized spacial score (nSPS) is 10.3. The quantitative estimate of drug-likeness (QED) is 0.902. The molecular formula is C15H12BrF2NO2. The lowest BCUT2D eigenvalue weighted by Gasteiger charge is -2.09. The number of methoxy groups -OCH3 is 1. The summed E-state index contributed by atoms with van der Waals surface area (Å²) in [7, 11) is 1.52. The van der Waals surface area contributed by atoms with Gasteiger partial charge in [0, 0.05) is 4.47 Å². The molecule has 2 rings (SSSR count). The zero-order chi connectivity index (χ0) is 15.4. The van der Waals surface area contributed by atoms with E-state index in [9.17, 15) is 13.6 Å². The number of benzene rings is 2. The Morgan fingerprint density at radius 2 is 1.90 bits per heavy atom. The van der Waals surface area contributed by atoms with Crippen LogP contribution in [0.4, 0.5) is 14.5 Å². The second kappa shape index (κ2) is 6.67. The van der Waals surface area contributed by atoms with Crippen molar-refractivity contribution in [3.63, 3.8) is 0 Å². The van der Waals surface area contributed by atoms with E-state index in [4.69, 9.17) is 4.74 Å². The van der Waals surface area contributed by atoms with Crippen LogP contribution in [0.2, 0.25) is 0 Å². The van der Waals surface area contributed by atoms with Crippen molar-refractivity contribution < 1.29 is 18.3 Å². The van der Waals surface area contributed by atoms with Crippen molar-refractivity contribution in [3.8, 4) is 5.75 Å². The summed E-state index contributed by atoms with van der Waals surface area (Å²) >= 11 is 2.98. The average Bonchev–Trinajstić information content (AvgIpc) is 2.43. The molecule has 0 saturated heterocycles. The lowest BCUT2D eigenvalue weighted by Crippen LogP contribution is -2.16. The molecule has 2 aromatic carbocycles. The first-order valence-electron chi connectivity index (χ1n) is 6.07. The van der Waals surface area contributed by atoms with E-state index in [0.29, 0.717) is 11.3 Å². The first kappa shape index (κ1) is 15.4. The van der Waals surface area contributed by atoms with Gasteiger partial charge in [-0.1, -0.05) is 28.1 Å². The molecule has 0 bridgehead atoms. The van der Waals surface area contributed by atoms with Crippen LogP contribution < -0.4 is 10.1 Å². The first-order valence-corrected chi connectivity index (χ1v) is 6.86. The number of nitrogens with one attached hydrogen (secondary N) is 1. The SMILES string of the molecule is COc1cccc(CC(=O)Nc2c(F)cc(Br)cc2F)c1. The van der Waals surface area contributed by atoms with Gasteiger partial charge in [-0.15, -0.1) is 0 Å². The Labute approximate surface area is 129 Å². The molecule has 0 aliphatic rings. The molecule has 2 aromatic rings. The van der Waals surface area contributed by atoms with Crippen LogP contribution in [0.15, 0.2) is 40.9 Å². The number of rotatable bonds is 4. The molecule has 0 unspecified atom stereocenters. The highest BCUT2D eigenvalue weighted by atomic mass is 79.9. The Kier molecular flexibility index (Phi) is 4.90. The van der Waals surface area contributed by atoms with E-state index in [-0.39, 0.29) is 10.9 Å². The van der Waals surface area contributed by atoms with Crippen LogP contribution in [0.25, 0.3) is 0 Å². The number of hydrogen-bond donors (Lipinski definition) is 1. The molecule has 110 valence electrons. The molecule has 0 saturated carbocycles. The number of carbonyl (C=O) groups is 1. The van der Waals surface area contributed by atoms with Crippen LogP contribution in [0.3, 0.4) is 0 Å². The maximum atomic E-state index is 13.6. The third kappa shape index (κ3) is 4.01. The second-order valence-corrected chi connectivity index (χ2v) is 5.24. The van der Waals surface area contributed by atoms with E-state index < -0.39 is 23.2 Å². The highest BCUT2D eigenvalue weighted by Crippen LogP contribution is 2.24. The molecule has 21 heavy (non-hydrogen) atoms. The first-order chi connectivity index (χ1) is 9.99. The molecule has 6 heteroatoms. The number of ether oxygens (including phenoxy) is 1. The minimum absolute atomic E-state index is 0.00779. The van der Waals surface area contributed by atoms with Crippen LogP contribution in [0.5, 0.6) is 5.75 Å². The minimum Gasteiger partial charge on any atom is -0.497 e. The predicted molar refractivity (Wildman–Crippen MR) is 79.4 cm³/mol. The number of carbonyl (C=O) groups excluding carboxylic acids is 1. The standard InChI is InChI=1S/C15H12BrF2NO2/c1-21-11-4-2-3-9(5-11)6-14(20)19-15-12(17)7-10(16)8-13(15)18/h2-5,7-8H,6H2,1H3,(H,19,20). The smallest absolute Gasteiger partial charge is 0.228 e. The van der Waals surface area contributed by atoms with Gasteiger partial charge in [-0.25, -0.2) is 8.78 Å². The molecule has 0 fully saturated rings. The van der Waals surface area contributed by atoms with Crippen LogP contribution in [0, 0.1) is 11.6 Å². The van der Waals surface area contributed by atoms with Gasteiger partial charge in [0.1, 0.15) is 11.4 Å². The molecule has 0 heterocycles.